The molecule has 4 nitrogen and oxygen atoms in total. The highest BCUT2D eigenvalue weighted by molar-refractivity contribution is 5.76. The minimum absolute atomic E-state index is 0.359. The van der Waals surface area contributed by atoms with Crippen molar-refractivity contribution < 1.29 is 15.0 Å². The van der Waals surface area contributed by atoms with Gasteiger partial charge in [0.25, 0.3) is 0 Å². The van der Waals surface area contributed by atoms with Crippen molar-refractivity contribution in [3.8, 4) is 0 Å². The summed E-state index contributed by atoms with van der Waals surface area (Å²) in [4.78, 5) is 12.7. The molecule has 2 N–H and O–H groups in total. The monoisotopic (exact) mass is 243 g/mol. The molecular weight excluding hydrogens is 218 g/mol. The van der Waals surface area contributed by atoms with Gasteiger partial charge in [0.05, 0.1) is 0 Å². The Morgan fingerprint density at radius 1 is 1.24 bits per heavy atom. The highest BCUT2D eigenvalue weighted by Gasteiger charge is 2.45. The first kappa shape index (κ1) is 14.5. The Hall–Kier alpha value is -0.610. The van der Waals surface area contributed by atoms with Crippen LogP contribution in [0.25, 0.3) is 0 Å². The van der Waals surface area contributed by atoms with Crippen LogP contribution in [0.5, 0.6) is 0 Å². The standard InChI is InChI=1S/C13H25NO3/c1-2-3-4-5-6-7-10-14-11-8-9-13(14,17)12(15)16/h17H,2-11H2,1H3,(H,15,16)/t13-/m1/s1. The smallest absolute Gasteiger partial charge is 0.351 e. The van der Waals surface area contributed by atoms with Crippen molar-refractivity contribution in [2.24, 2.45) is 0 Å². The molecule has 17 heavy (non-hydrogen) atoms. The van der Waals surface area contributed by atoms with Crippen LogP contribution in [0.1, 0.15) is 58.3 Å². The summed E-state index contributed by atoms with van der Waals surface area (Å²) in [7, 11) is 0. The maximum atomic E-state index is 11.0. The molecule has 4 heteroatoms. The lowest BCUT2D eigenvalue weighted by Gasteiger charge is -2.29. The molecule has 1 aliphatic heterocycles. The number of carbonyl (C=O) groups is 1. The Balaban J connectivity index is 2.20. The maximum absolute atomic E-state index is 11.0. The quantitative estimate of drug-likeness (QED) is 0.642. The first-order valence-electron chi connectivity index (χ1n) is 6.82. The molecule has 1 fully saturated rings. The zero-order chi connectivity index (χ0) is 12.7. The van der Waals surface area contributed by atoms with E-state index in [2.05, 4.69) is 6.92 Å². The van der Waals surface area contributed by atoms with Gasteiger partial charge in [0, 0.05) is 19.5 Å². The van der Waals surface area contributed by atoms with E-state index >= 15 is 0 Å². The molecule has 0 saturated carbocycles. The molecule has 0 spiro atoms. The zero-order valence-electron chi connectivity index (χ0n) is 10.8. The number of carboxylic acids is 1. The minimum atomic E-state index is -1.59. The number of unbranched alkanes of at least 4 members (excludes halogenated alkanes) is 5. The minimum Gasteiger partial charge on any atom is -0.478 e. The highest BCUT2D eigenvalue weighted by Crippen LogP contribution is 2.27. The maximum Gasteiger partial charge on any atom is 0.351 e. The molecular formula is C13H25NO3. The third-order valence-corrected chi connectivity index (χ3v) is 3.60. The van der Waals surface area contributed by atoms with Crippen LogP contribution in [0, 0.1) is 0 Å². The SMILES string of the molecule is CCCCCCCCN1CCC[C@@]1(O)C(=O)O. The molecule has 0 bridgehead atoms. The molecule has 100 valence electrons. The van der Waals surface area contributed by atoms with Crippen molar-refractivity contribution >= 4 is 5.97 Å². The van der Waals surface area contributed by atoms with Gasteiger partial charge in [-0.3, -0.25) is 4.90 Å². The van der Waals surface area contributed by atoms with E-state index in [1.54, 1.807) is 4.90 Å². The van der Waals surface area contributed by atoms with Gasteiger partial charge in [-0.25, -0.2) is 4.79 Å². The molecule has 0 radical (unpaired) electrons. The van der Waals surface area contributed by atoms with Crippen LogP contribution >= 0.6 is 0 Å². The van der Waals surface area contributed by atoms with Gasteiger partial charge < -0.3 is 10.2 Å². The third kappa shape index (κ3) is 3.96. The summed E-state index contributed by atoms with van der Waals surface area (Å²) < 4.78 is 0. The average molecular weight is 243 g/mol. The molecule has 0 aliphatic carbocycles. The molecule has 1 saturated heterocycles. The molecule has 1 atom stereocenters. The number of carboxylic acid groups (broad SMARTS) is 1. The van der Waals surface area contributed by atoms with E-state index < -0.39 is 11.7 Å². The summed E-state index contributed by atoms with van der Waals surface area (Å²) in [6.45, 7) is 3.60. The van der Waals surface area contributed by atoms with E-state index in [1.807, 2.05) is 0 Å². The molecule has 1 aliphatic rings. The molecule has 1 rings (SSSR count). The predicted molar refractivity (Wildman–Crippen MR) is 66.8 cm³/mol. The Bertz CT molecular complexity index is 245. The predicted octanol–water partition coefficient (Wildman–Crippen LogP) is 2.22. The second-order valence-electron chi connectivity index (χ2n) is 4.98. The van der Waals surface area contributed by atoms with Gasteiger partial charge in [0.1, 0.15) is 0 Å². The molecule has 0 aromatic rings. The second kappa shape index (κ2) is 6.97. The molecule has 0 aromatic carbocycles. The first-order valence-corrected chi connectivity index (χ1v) is 6.82. The van der Waals surface area contributed by atoms with E-state index in [9.17, 15) is 9.90 Å². The summed E-state index contributed by atoms with van der Waals surface area (Å²) in [5, 5.41) is 19.0. The van der Waals surface area contributed by atoms with E-state index in [0.717, 1.165) is 19.3 Å². The first-order chi connectivity index (χ1) is 8.11. The highest BCUT2D eigenvalue weighted by atomic mass is 16.4. The number of likely N-dealkylation sites (tertiary alicyclic amines) is 1. The van der Waals surface area contributed by atoms with Gasteiger partial charge in [-0.2, -0.15) is 0 Å². The van der Waals surface area contributed by atoms with Crippen molar-refractivity contribution in [1.29, 1.82) is 0 Å². The normalized spacial score (nSPS) is 25.3. The lowest BCUT2D eigenvalue weighted by molar-refractivity contribution is -0.176. The van der Waals surface area contributed by atoms with Gasteiger partial charge in [-0.05, 0) is 12.8 Å². The fourth-order valence-electron chi connectivity index (χ4n) is 2.48. The molecule has 0 unspecified atom stereocenters. The summed E-state index contributed by atoms with van der Waals surface area (Å²) in [5.74, 6) is -1.10. The van der Waals surface area contributed by atoms with E-state index in [-0.39, 0.29) is 0 Å². The second-order valence-corrected chi connectivity index (χ2v) is 4.98. The van der Waals surface area contributed by atoms with Crippen LogP contribution in [0.4, 0.5) is 0 Å². The summed E-state index contributed by atoms with van der Waals surface area (Å²) in [5.41, 5.74) is -1.59. The van der Waals surface area contributed by atoms with Crippen LogP contribution in [0.15, 0.2) is 0 Å². The zero-order valence-corrected chi connectivity index (χ0v) is 10.8. The number of nitrogens with zero attached hydrogens (tertiary/aromatic N) is 1. The van der Waals surface area contributed by atoms with E-state index in [1.165, 1.54) is 25.7 Å². The van der Waals surface area contributed by atoms with Gasteiger partial charge in [0.2, 0.25) is 5.72 Å². The average Bonchev–Trinajstić information content (AvgIpc) is 2.67. The van der Waals surface area contributed by atoms with Crippen LogP contribution in [-0.2, 0) is 4.79 Å². The van der Waals surface area contributed by atoms with Crippen molar-refractivity contribution in [2.45, 2.75) is 64.0 Å². The van der Waals surface area contributed by atoms with Crippen molar-refractivity contribution in [3.05, 3.63) is 0 Å². The molecule has 1 heterocycles. The fraction of sp³-hybridized carbons (Fsp3) is 0.923. The summed E-state index contributed by atoms with van der Waals surface area (Å²) in [6, 6.07) is 0. The topological polar surface area (TPSA) is 60.8 Å². The molecule has 0 amide bonds. The van der Waals surface area contributed by atoms with Crippen molar-refractivity contribution in [3.63, 3.8) is 0 Å². The van der Waals surface area contributed by atoms with E-state index in [4.69, 9.17) is 5.11 Å². The van der Waals surface area contributed by atoms with Crippen LogP contribution in [-0.4, -0.2) is 39.9 Å². The van der Waals surface area contributed by atoms with Crippen molar-refractivity contribution in [1.82, 2.24) is 4.90 Å². The number of rotatable bonds is 8. The van der Waals surface area contributed by atoms with Gasteiger partial charge in [-0.15, -0.1) is 0 Å². The van der Waals surface area contributed by atoms with Crippen LogP contribution in [0.3, 0.4) is 0 Å². The Morgan fingerprint density at radius 3 is 2.53 bits per heavy atom. The number of aliphatic carboxylic acids is 1. The lowest BCUT2D eigenvalue weighted by atomic mass is 10.1. The lowest BCUT2D eigenvalue weighted by Crippen LogP contribution is -2.50. The van der Waals surface area contributed by atoms with Gasteiger partial charge >= 0.3 is 5.97 Å². The summed E-state index contributed by atoms with van der Waals surface area (Å²) in [6.07, 6.45) is 8.25. The number of hydrogen-bond acceptors (Lipinski definition) is 3. The Morgan fingerprint density at radius 2 is 1.88 bits per heavy atom. The number of aliphatic hydroxyl groups is 1. The van der Waals surface area contributed by atoms with Crippen LogP contribution < -0.4 is 0 Å². The van der Waals surface area contributed by atoms with Crippen molar-refractivity contribution in [2.75, 3.05) is 13.1 Å². The largest absolute Gasteiger partial charge is 0.478 e. The van der Waals surface area contributed by atoms with Gasteiger partial charge in [0.15, 0.2) is 0 Å². The van der Waals surface area contributed by atoms with Crippen LogP contribution in [0.2, 0.25) is 0 Å². The Labute approximate surface area is 104 Å². The van der Waals surface area contributed by atoms with Gasteiger partial charge in [-0.1, -0.05) is 39.0 Å². The fourth-order valence-corrected chi connectivity index (χ4v) is 2.48. The molecule has 0 aromatic heterocycles. The van der Waals surface area contributed by atoms with E-state index in [0.29, 0.717) is 19.5 Å². The third-order valence-electron chi connectivity index (χ3n) is 3.60. The number of hydrogen-bond donors (Lipinski definition) is 2. The Kier molecular flexibility index (Phi) is 5.92. The summed E-state index contributed by atoms with van der Waals surface area (Å²) >= 11 is 0.